The van der Waals surface area contributed by atoms with Gasteiger partial charge in [-0.25, -0.2) is 8.78 Å². The maximum absolute atomic E-state index is 14.5. The predicted molar refractivity (Wildman–Crippen MR) is 85.4 cm³/mol. The Morgan fingerprint density at radius 3 is 2.36 bits per heavy atom. The third kappa shape index (κ3) is 3.97. The fraction of sp³-hybridized carbons (Fsp3) is 0.600. The van der Waals surface area contributed by atoms with Crippen LogP contribution in [-0.4, -0.2) is 67.9 Å². The first-order valence-corrected chi connectivity index (χ1v) is 7.69. The van der Waals surface area contributed by atoms with Gasteiger partial charge >= 0.3 is 0 Å². The van der Waals surface area contributed by atoms with E-state index in [9.17, 15) is 24.0 Å². The molecule has 2 N–H and O–H groups in total. The summed E-state index contributed by atoms with van der Waals surface area (Å²) in [5.74, 6) is -3.39. The summed E-state index contributed by atoms with van der Waals surface area (Å²) in [6.07, 6.45) is 0. The van der Waals surface area contributed by atoms with Crippen LogP contribution in [0.3, 0.4) is 0 Å². The maximum atomic E-state index is 14.5. The van der Waals surface area contributed by atoms with Crippen molar-refractivity contribution in [2.45, 2.75) is 12.0 Å². The molecule has 1 atom stereocenters. The van der Waals surface area contributed by atoms with E-state index in [1.165, 1.54) is 25.2 Å². The van der Waals surface area contributed by atoms with Crippen molar-refractivity contribution in [1.82, 2.24) is 10.2 Å². The molecule has 140 valence electrons. The Balaban J connectivity index is 2.63. The molecule has 1 saturated heterocycles. The molecule has 1 aliphatic heterocycles. The lowest BCUT2D eigenvalue weighted by Crippen LogP contribution is -2.51. The predicted octanol–water partition coefficient (Wildman–Crippen LogP) is 1.19. The summed E-state index contributed by atoms with van der Waals surface area (Å²) in [6.45, 7) is 0.0583. The third-order valence-electron chi connectivity index (χ3n) is 4.15. The van der Waals surface area contributed by atoms with Crippen LogP contribution in [0.1, 0.15) is 11.6 Å². The van der Waals surface area contributed by atoms with Crippen LogP contribution in [-0.2, 0) is 0 Å². The van der Waals surface area contributed by atoms with Gasteiger partial charge in [-0.1, -0.05) is 0 Å². The van der Waals surface area contributed by atoms with Gasteiger partial charge in [0.05, 0.1) is 30.8 Å². The number of nitrogens with one attached hydrogen (secondary N) is 1. The van der Waals surface area contributed by atoms with Crippen molar-refractivity contribution in [2.24, 2.45) is 0 Å². The van der Waals surface area contributed by atoms with E-state index in [2.05, 4.69) is 5.32 Å². The molecule has 0 amide bonds. The summed E-state index contributed by atoms with van der Waals surface area (Å²) in [7, 11) is 2.62. The fourth-order valence-electron chi connectivity index (χ4n) is 2.98. The first kappa shape index (κ1) is 19.3. The lowest BCUT2D eigenvalue weighted by atomic mass is 9.96. The number of aliphatic hydroxyl groups is 1. The molecular weight excluding hydrogens is 340 g/mol. The highest BCUT2D eigenvalue weighted by molar-refractivity contribution is 5.56. The molecule has 1 aliphatic rings. The Labute approximate surface area is 143 Å². The first-order valence-electron chi connectivity index (χ1n) is 7.69. The second-order valence-corrected chi connectivity index (χ2v) is 5.63. The van der Waals surface area contributed by atoms with Gasteiger partial charge in [-0.2, -0.15) is 0 Å². The van der Waals surface area contributed by atoms with Crippen LogP contribution in [0, 0.1) is 10.1 Å². The van der Waals surface area contributed by atoms with Gasteiger partial charge in [0.2, 0.25) is 0 Å². The Kier molecular flexibility index (Phi) is 6.09. The van der Waals surface area contributed by atoms with Crippen LogP contribution >= 0.6 is 0 Å². The summed E-state index contributed by atoms with van der Waals surface area (Å²) in [5.41, 5.74) is -0.724. The number of benzene rings is 1. The van der Waals surface area contributed by atoms with Gasteiger partial charge in [-0.05, 0) is 6.07 Å². The molecule has 0 radical (unpaired) electrons. The minimum Gasteiger partial charge on any atom is -0.493 e. The van der Waals surface area contributed by atoms with Crippen LogP contribution in [0.4, 0.5) is 14.5 Å². The SMILES string of the molecule is COc1cc([C@H](N2CCNCC2)C(F)(F)CO)c([N+](=O)[O-])cc1OC. The number of aliphatic hydroxyl groups excluding tert-OH is 1. The van der Waals surface area contributed by atoms with Crippen LogP contribution in [0.5, 0.6) is 11.5 Å². The van der Waals surface area contributed by atoms with Crippen molar-refractivity contribution < 1.29 is 28.3 Å². The monoisotopic (exact) mass is 361 g/mol. The number of methoxy groups -OCH3 is 2. The standard InChI is InChI=1S/C15H21F2N3O5/c1-24-12-7-10(11(20(22)23)8-13(12)25-2)14(15(16,17)9-21)19-5-3-18-4-6-19/h7-8,14,18,21H,3-6,9H2,1-2H3/t14-/m0/s1. The quantitative estimate of drug-likeness (QED) is 0.556. The molecule has 0 bridgehead atoms. The highest BCUT2D eigenvalue weighted by Crippen LogP contribution is 2.44. The number of rotatable bonds is 7. The average molecular weight is 361 g/mol. The number of ether oxygens (including phenoxy) is 2. The number of hydrogen-bond donors (Lipinski definition) is 2. The van der Waals surface area contributed by atoms with Crippen LogP contribution < -0.4 is 14.8 Å². The number of piperazine rings is 1. The lowest BCUT2D eigenvalue weighted by Gasteiger charge is -2.38. The van der Waals surface area contributed by atoms with E-state index in [0.717, 1.165) is 6.07 Å². The van der Waals surface area contributed by atoms with Gasteiger partial charge in [0, 0.05) is 26.2 Å². The normalized spacial score (nSPS) is 17.2. The smallest absolute Gasteiger partial charge is 0.290 e. The minimum atomic E-state index is -3.57. The highest BCUT2D eigenvalue weighted by Gasteiger charge is 2.47. The number of hydrogen-bond acceptors (Lipinski definition) is 7. The van der Waals surface area contributed by atoms with Crippen molar-refractivity contribution in [3.63, 3.8) is 0 Å². The van der Waals surface area contributed by atoms with Gasteiger partial charge < -0.3 is 19.9 Å². The zero-order chi connectivity index (χ0) is 18.6. The second kappa shape index (κ2) is 7.89. The van der Waals surface area contributed by atoms with E-state index in [0.29, 0.717) is 13.1 Å². The van der Waals surface area contributed by atoms with Gasteiger partial charge in [0.15, 0.2) is 11.5 Å². The molecule has 0 spiro atoms. The molecule has 8 nitrogen and oxygen atoms in total. The lowest BCUT2D eigenvalue weighted by molar-refractivity contribution is -0.386. The second-order valence-electron chi connectivity index (χ2n) is 5.63. The van der Waals surface area contributed by atoms with E-state index in [1.807, 2.05) is 0 Å². The molecule has 0 aliphatic carbocycles. The number of nitro benzene ring substituents is 1. The Morgan fingerprint density at radius 2 is 1.88 bits per heavy atom. The van der Waals surface area contributed by atoms with Crippen molar-refractivity contribution in [3.05, 3.63) is 27.8 Å². The third-order valence-corrected chi connectivity index (χ3v) is 4.15. The van der Waals surface area contributed by atoms with E-state index in [1.54, 1.807) is 0 Å². The number of alkyl halides is 2. The molecule has 0 unspecified atom stereocenters. The Morgan fingerprint density at radius 1 is 1.32 bits per heavy atom. The average Bonchev–Trinajstić information content (AvgIpc) is 2.61. The van der Waals surface area contributed by atoms with Gasteiger partial charge in [0.25, 0.3) is 11.6 Å². The van der Waals surface area contributed by atoms with E-state index < -0.39 is 29.2 Å². The molecule has 1 aromatic rings. The van der Waals surface area contributed by atoms with Crippen LogP contribution in [0.2, 0.25) is 0 Å². The molecule has 1 aromatic carbocycles. The Bertz CT molecular complexity index is 623. The first-order chi connectivity index (χ1) is 11.9. The van der Waals surface area contributed by atoms with Gasteiger partial charge in [0.1, 0.15) is 12.6 Å². The van der Waals surface area contributed by atoms with Crippen molar-refractivity contribution in [1.29, 1.82) is 0 Å². The van der Waals surface area contributed by atoms with Crippen LogP contribution in [0.15, 0.2) is 12.1 Å². The summed E-state index contributed by atoms with van der Waals surface area (Å²) in [5, 5.41) is 23.7. The maximum Gasteiger partial charge on any atom is 0.290 e. The molecule has 25 heavy (non-hydrogen) atoms. The number of halogens is 2. The zero-order valence-corrected chi connectivity index (χ0v) is 14.0. The number of nitrogens with zero attached hydrogens (tertiary/aromatic N) is 2. The minimum absolute atomic E-state index is 0.0734. The molecule has 1 heterocycles. The van der Waals surface area contributed by atoms with Crippen molar-refractivity contribution in [3.8, 4) is 11.5 Å². The summed E-state index contributed by atoms with van der Waals surface area (Å²) >= 11 is 0. The van der Waals surface area contributed by atoms with Gasteiger partial charge in [-0.15, -0.1) is 0 Å². The molecule has 2 rings (SSSR count). The summed E-state index contributed by atoms with van der Waals surface area (Å²) in [6, 6.07) is 0.601. The number of nitro groups is 1. The molecular formula is C15H21F2N3O5. The van der Waals surface area contributed by atoms with Crippen molar-refractivity contribution in [2.75, 3.05) is 47.0 Å². The van der Waals surface area contributed by atoms with Gasteiger partial charge in [-0.3, -0.25) is 15.0 Å². The highest BCUT2D eigenvalue weighted by atomic mass is 19.3. The molecule has 0 saturated carbocycles. The Hall–Kier alpha value is -2.04. The van der Waals surface area contributed by atoms with Crippen LogP contribution in [0.25, 0.3) is 0 Å². The largest absolute Gasteiger partial charge is 0.493 e. The van der Waals surface area contributed by atoms with E-state index in [4.69, 9.17) is 9.47 Å². The molecule has 0 aromatic heterocycles. The summed E-state index contributed by atoms with van der Waals surface area (Å²) in [4.78, 5) is 12.2. The molecule has 10 heteroatoms. The van der Waals surface area contributed by atoms with E-state index >= 15 is 0 Å². The van der Waals surface area contributed by atoms with E-state index in [-0.39, 0.29) is 30.2 Å². The van der Waals surface area contributed by atoms with Crippen molar-refractivity contribution >= 4 is 5.69 Å². The molecule has 1 fully saturated rings. The zero-order valence-electron chi connectivity index (χ0n) is 14.0. The topological polar surface area (TPSA) is 97.1 Å². The summed E-state index contributed by atoms with van der Waals surface area (Å²) < 4.78 is 39.2. The fourth-order valence-corrected chi connectivity index (χ4v) is 2.98.